The van der Waals surface area contributed by atoms with Gasteiger partial charge in [0.05, 0.1) is 0 Å². The van der Waals surface area contributed by atoms with Gasteiger partial charge in [0.1, 0.15) is 0 Å². The van der Waals surface area contributed by atoms with Crippen LogP contribution in [0.1, 0.15) is 25.5 Å². The zero-order valence-corrected chi connectivity index (χ0v) is 9.49. The molecule has 1 aliphatic heterocycles. The van der Waals surface area contributed by atoms with Crippen molar-refractivity contribution in [3.8, 4) is 0 Å². The minimum Gasteiger partial charge on any atom is -0.364 e. The van der Waals surface area contributed by atoms with E-state index in [1.54, 1.807) is 0 Å². The molecule has 0 aromatic carbocycles. The average Bonchev–Trinajstić information content (AvgIpc) is 2.77. The number of aromatic amines is 1. The molecule has 1 unspecified atom stereocenters. The summed E-state index contributed by atoms with van der Waals surface area (Å²) in [7, 11) is 0. The molecule has 14 heavy (non-hydrogen) atoms. The molecule has 0 spiro atoms. The van der Waals surface area contributed by atoms with Gasteiger partial charge in [-0.25, -0.2) is 0 Å². The maximum Gasteiger partial charge on any atom is 0.0357 e. The Labute approximate surface area is 89.9 Å². The third kappa shape index (κ3) is 2.55. The number of aromatic nitrogens is 1. The van der Waals surface area contributed by atoms with E-state index in [4.69, 9.17) is 0 Å². The first-order valence-corrected chi connectivity index (χ1v) is 6.24. The Morgan fingerprint density at radius 3 is 3.21 bits per heavy atom. The Kier molecular flexibility index (Phi) is 3.19. The molecular formula is C11H18N2S. The Morgan fingerprint density at radius 2 is 2.57 bits per heavy atom. The topological polar surface area (TPSA) is 27.8 Å². The zero-order valence-electron chi connectivity index (χ0n) is 8.68. The van der Waals surface area contributed by atoms with E-state index in [0.717, 1.165) is 13.1 Å². The van der Waals surface area contributed by atoms with Gasteiger partial charge in [0.25, 0.3) is 0 Å². The average molecular weight is 210 g/mol. The molecule has 2 N–H and O–H groups in total. The summed E-state index contributed by atoms with van der Waals surface area (Å²) >= 11 is 2.11. The summed E-state index contributed by atoms with van der Waals surface area (Å²) in [6, 6.07) is 4.17. The lowest BCUT2D eigenvalue weighted by atomic mass is 10.1. The standard InChI is InChI=1S/C11H18N2S/c1-11(5-3-7-14-11)9-12-8-10-4-2-6-13-10/h2,4,6,12-13H,3,5,7-9H2,1H3. The van der Waals surface area contributed by atoms with Crippen LogP contribution < -0.4 is 5.32 Å². The lowest BCUT2D eigenvalue weighted by molar-refractivity contribution is 0.534. The molecule has 1 saturated heterocycles. The molecule has 1 atom stereocenters. The maximum atomic E-state index is 3.52. The van der Waals surface area contributed by atoms with E-state index < -0.39 is 0 Å². The van der Waals surface area contributed by atoms with Gasteiger partial charge in [0.15, 0.2) is 0 Å². The van der Waals surface area contributed by atoms with Gasteiger partial charge in [-0.3, -0.25) is 0 Å². The van der Waals surface area contributed by atoms with Gasteiger partial charge in [0.2, 0.25) is 0 Å². The van der Waals surface area contributed by atoms with Crippen molar-refractivity contribution in [3.63, 3.8) is 0 Å². The predicted octanol–water partition coefficient (Wildman–Crippen LogP) is 2.39. The summed E-state index contributed by atoms with van der Waals surface area (Å²) in [6.45, 7) is 4.45. The minimum atomic E-state index is 0.479. The largest absolute Gasteiger partial charge is 0.364 e. The fourth-order valence-electron chi connectivity index (χ4n) is 1.92. The highest BCUT2D eigenvalue weighted by molar-refractivity contribution is 8.00. The number of thioether (sulfide) groups is 1. The van der Waals surface area contributed by atoms with Crippen LogP contribution in [0.25, 0.3) is 0 Å². The highest BCUT2D eigenvalue weighted by Crippen LogP contribution is 2.36. The monoisotopic (exact) mass is 210 g/mol. The molecule has 1 aliphatic rings. The third-order valence-electron chi connectivity index (χ3n) is 2.78. The summed E-state index contributed by atoms with van der Waals surface area (Å²) < 4.78 is 0.479. The summed E-state index contributed by atoms with van der Waals surface area (Å²) in [5.74, 6) is 1.33. The van der Waals surface area contributed by atoms with E-state index in [9.17, 15) is 0 Å². The van der Waals surface area contributed by atoms with Gasteiger partial charge in [-0.15, -0.1) is 0 Å². The molecule has 78 valence electrons. The highest BCUT2D eigenvalue weighted by Gasteiger charge is 2.28. The first-order valence-electron chi connectivity index (χ1n) is 5.25. The fourth-order valence-corrected chi connectivity index (χ4v) is 3.19. The van der Waals surface area contributed by atoms with Crippen molar-refractivity contribution in [1.82, 2.24) is 10.3 Å². The number of hydrogen-bond donors (Lipinski definition) is 2. The first kappa shape index (κ1) is 10.1. The quantitative estimate of drug-likeness (QED) is 0.798. The van der Waals surface area contributed by atoms with Crippen molar-refractivity contribution >= 4 is 11.8 Å². The second-order valence-corrected chi connectivity index (χ2v) is 5.88. The van der Waals surface area contributed by atoms with Crippen LogP contribution in [-0.4, -0.2) is 22.0 Å². The molecule has 2 nitrogen and oxygen atoms in total. The molecule has 2 heterocycles. The van der Waals surface area contributed by atoms with E-state index in [1.165, 1.54) is 24.3 Å². The van der Waals surface area contributed by atoms with E-state index in [-0.39, 0.29) is 0 Å². The number of nitrogens with one attached hydrogen (secondary N) is 2. The first-order chi connectivity index (χ1) is 6.79. The van der Waals surface area contributed by atoms with Crippen LogP contribution in [0, 0.1) is 0 Å². The van der Waals surface area contributed by atoms with Crippen molar-refractivity contribution in [3.05, 3.63) is 24.0 Å². The summed E-state index contributed by atoms with van der Waals surface area (Å²) in [6.07, 6.45) is 4.71. The molecule has 0 aliphatic carbocycles. The van der Waals surface area contributed by atoms with Gasteiger partial charge >= 0.3 is 0 Å². The Bertz CT molecular complexity index is 263. The lowest BCUT2D eigenvalue weighted by Crippen LogP contribution is -2.32. The van der Waals surface area contributed by atoms with Crippen LogP contribution in [-0.2, 0) is 6.54 Å². The Balaban J connectivity index is 1.72. The molecule has 0 bridgehead atoms. The van der Waals surface area contributed by atoms with E-state index in [2.05, 4.69) is 35.1 Å². The van der Waals surface area contributed by atoms with E-state index >= 15 is 0 Å². The second kappa shape index (κ2) is 4.41. The van der Waals surface area contributed by atoms with Gasteiger partial charge in [0, 0.05) is 29.7 Å². The maximum absolute atomic E-state index is 3.52. The number of rotatable bonds is 4. The molecular weight excluding hydrogens is 192 g/mol. The molecule has 0 amide bonds. The van der Waals surface area contributed by atoms with E-state index in [0.29, 0.717) is 4.75 Å². The predicted molar refractivity (Wildman–Crippen MR) is 62.6 cm³/mol. The minimum absolute atomic E-state index is 0.479. The van der Waals surface area contributed by atoms with Crippen LogP contribution in [0.4, 0.5) is 0 Å². The van der Waals surface area contributed by atoms with Crippen molar-refractivity contribution < 1.29 is 0 Å². The molecule has 3 heteroatoms. The van der Waals surface area contributed by atoms with Crippen LogP contribution in [0.3, 0.4) is 0 Å². The van der Waals surface area contributed by atoms with Gasteiger partial charge in [-0.05, 0) is 37.7 Å². The zero-order chi connectivity index (χ0) is 9.86. The van der Waals surface area contributed by atoms with Crippen molar-refractivity contribution in [2.24, 2.45) is 0 Å². The third-order valence-corrected chi connectivity index (χ3v) is 4.32. The van der Waals surface area contributed by atoms with Crippen molar-refractivity contribution in [2.45, 2.75) is 31.1 Å². The molecule has 0 saturated carbocycles. The summed E-state index contributed by atoms with van der Waals surface area (Å²) in [5, 5.41) is 3.52. The normalized spacial score (nSPS) is 26.9. The highest BCUT2D eigenvalue weighted by atomic mass is 32.2. The van der Waals surface area contributed by atoms with Crippen molar-refractivity contribution in [2.75, 3.05) is 12.3 Å². The summed E-state index contributed by atoms with van der Waals surface area (Å²) in [4.78, 5) is 3.21. The number of hydrogen-bond acceptors (Lipinski definition) is 2. The fraction of sp³-hybridized carbons (Fsp3) is 0.636. The van der Waals surface area contributed by atoms with Crippen LogP contribution in [0.5, 0.6) is 0 Å². The number of H-pyrrole nitrogens is 1. The Hall–Kier alpha value is -0.410. The van der Waals surface area contributed by atoms with Crippen LogP contribution >= 0.6 is 11.8 Å². The van der Waals surface area contributed by atoms with Gasteiger partial charge in [-0.1, -0.05) is 0 Å². The molecule has 1 aromatic heterocycles. The Morgan fingerprint density at radius 1 is 1.64 bits per heavy atom. The van der Waals surface area contributed by atoms with Gasteiger partial charge < -0.3 is 10.3 Å². The second-order valence-electron chi connectivity index (χ2n) is 4.20. The van der Waals surface area contributed by atoms with Crippen LogP contribution in [0.2, 0.25) is 0 Å². The van der Waals surface area contributed by atoms with Gasteiger partial charge in [-0.2, -0.15) is 11.8 Å². The van der Waals surface area contributed by atoms with E-state index in [1.807, 2.05) is 12.3 Å². The molecule has 0 radical (unpaired) electrons. The smallest absolute Gasteiger partial charge is 0.0357 e. The molecule has 2 rings (SSSR count). The SMILES string of the molecule is CC1(CNCc2ccc[nH]2)CCCS1. The lowest BCUT2D eigenvalue weighted by Gasteiger charge is -2.22. The van der Waals surface area contributed by atoms with Crippen LogP contribution in [0.15, 0.2) is 18.3 Å². The molecule has 1 aromatic rings. The van der Waals surface area contributed by atoms with Crippen molar-refractivity contribution in [1.29, 1.82) is 0 Å². The summed E-state index contributed by atoms with van der Waals surface area (Å²) in [5.41, 5.74) is 1.27. The molecule has 1 fully saturated rings.